The van der Waals surface area contributed by atoms with E-state index in [1.54, 1.807) is 17.4 Å². The number of amides is 1. The number of aromatic nitrogens is 4. The molecule has 1 aliphatic rings. The van der Waals surface area contributed by atoms with Crippen LogP contribution in [0.25, 0.3) is 11.2 Å². The fourth-order valence-electron chi connectivity index (χ4n) is 2.54. The van der Waals surface area contributed by atoms with Crippen LogP contribution in [-0.2, 0) is 11.3 Å². The molecule has 0 aliphatic carbocycles. The van der Waals surface area contributed by atoms with Crippen LogP contribution in [0.15, 0.2) is 55.8 Å². The maximum Gasteiger partial charge on any atom is 0.226 e. The number of carbonyl (C=O) groups is 1. The largest absolute Gasteiger partial charge is 0.364 e. The van der Waals surface area contributed by atoms with E-state index in [9.17, 15) is 4.79 Å². The molecule has 1 aliphatic heterocycles. The predicted molar refractivity (Wildman–Crippen MR) is 96.6 cm³/mol. The van der Waals surface area contributed by atoms with Crippen molar-refractivity contribution in [3.63, 3.8) is 0 Å². The van der Waals surface area contributed by atoms with Crippen molar-refractivity contribution < 1.29 is 4.79 Å². The van der Waals surface area contributed by atoms with Crippen LogP contribution in [0.2, 0.25) is 0 Å². The van der Waals surface area contributed by atoms with E-state index in [-0.39, 0.29) is 5.91 Å². The Balaban J connectivity index is 0.000000192. The van der Waals surface area contributed by atoms with E-state index >= 15 is 0 Å². The molecule has 0 atom stereocenters. The molecular formula is C18H20N6O. The Morgan fingerprint density at radius 2 is 2.08 bits per heavy atom. The number of fused-ring (bicyclic) bond motifs is 1. The Morgan fingerprint density at radius 3 is 2.76 bits per heavy atom. The number of hydrogen-bond donors (Lipinski definition) is 2. The summed E-state index contributed by atoms with van der Waals surface area (Å²) in [5.74, 6) is 0.958. The Kier molecular flexibility index (Phi) is 5.36. The maximum atomic E-state index is 10.7. The molecule has 1 amide bonds. The summed E-state index contributed by atoms with van der Waals surface area (Å²) in [4.78, 5) is 27.7. The van der Waals surface area contributed by atoms with Crippen LogP contribution in [0.1, 0.15) is 18.4 Å². The summed E-state index contributed by atoms with van der Waals surface area (Å²) >= 11 is 0. The molecule has 128 valence electrons. The van der Waals surface area contributed by atoms with Gasteiger partial charge in [0.05, 0.1) is 6.33 Å². The van der Waals surface area contributed by atoms with E-state index < -0.39 is 0 Å². The molecule has 0 radical (unpaired) electrons. The van der Waals surface area contributed by atoms with Gasteiger partial charge in [0.2, 0.25) is 5.91 Å². The minimum absolute atomic E-state index is 0.208. The van der Waals surface area contributed by atoms with E-state index in [0.29, 0.717) is 6.42 Å². The highest BCUT2D eigenvalue weighted by Crippen LogP contribution is 2.15. The summed E-state index contributed by atoms with van der Waals surface area (Å²) in [6.07, 6.45) is 6.42. The molecule has 7 nitrogen and oxygen atoms in total. The van der Waals surface area contributed by atoms with E-state index in [0.717, 1.165) is 36.5 Å². The lowest BCUT2D eigenvalue weighted by Crippen LogP contribution is -2.16. The highest BCUT2D eigenvalue weighted by molar-refractivity contribution is 5.81. The second-order valence-corrected chi connectivity index (χ2v) is 5.53. The van der Waals surface area contributed by atoms with E-state index in [1.807, 2.05) is 18.2 Å². The molecule has 2 N–H and O–H groups in total. The molecule has 3 heterocycles. The van der Waals surface area contributed by atoms with Crippen molar-refractivity contribution in [1.82, 2.24) is 24.8 Å². The van der Waals surface area contributed by atoms with Gasteiger partial charge in [-0.2, -0.15) is 0 Å². The smallest absolute Gasteiger partial charge is 0.226 e. The number of imidazole rings is 1. The molecule has 4 rings (SSSR count). The Hall–Kier alpha value is -3.22. The van der Waals surface area contributed by atoms with Crippen LogP contribution in [-0.4, -0.2) is 37.3 Å². The van der Waals surface area contributed by atoms with Gasteiger partial charge in [-0.3, -0.25) is 4.79 Å². The van der Waals surface area contributed by atoms with Crippen LogP contribution in [0.4, 0.5) is 5.82 Å². The van der Waals surface area contributed by atoms with Gasteiger partial charge in [-0.25, -0.2) is 15.0 Å². The lowest BCUT2D eigenvalue weighted by atomic mass is 10.2. The molecule has 1 saturated heterocycles. The second-order valence-electron chi connectivity index (χ2n) is 5.53. The number of anilines is 1. The first kappa shape index (κ1) is 16.6. The SMILES string of the molecule is C=CN1CCCC1=O.c1ccc(CNc2ncnc3[nH]cnc23)cc1. The number of hydrogen-bond acceptors (Lipinski definition) is 5. The van der Waals surface area contributed by atoms with Gasteiger partial charge in [-0.1, -0.05) is 36.9 Å². The van der Waals surface area contributed by atoms with Crippen LogP contribution in [0.5, 0.6) is 0 Å². The molecule has 2 aromatic heterocycles. The number of likely N-dealkylation sites (tertiary alicyclic amines) is 1. The second kappa shape index (κ2) is 8.05. The molecule has 25 heavy (non-hydrogen) atoms. The molecule has 1 fully saturated rings. The first-order valence-electron chi connectivity index (χ1n) is 8.12. The first-order valence-corrected chi connectivity index (χ1v) is 8.12. The quantitative estimate of drug-likeness (QED) is 0.765. The lowest BCUT2D eigenvalue weighted by molar-refractivity contribution is -0.125. The topological polar surface area (TPSA) is 86.8 Å². The van der Waals surface area contributed by atoms with Gasteiger partial charge < -0.3 is 15.2 Å². The number of benzene rings is 1. The van der Waals surface area contributed by atoms with Crippen LogP contribution >= 0.6 is 0 Å². The number of rotatable bonds is 4. The van der Waals surface area contributed by atoms with Crippen molar-refractivity contribution in [2.24, 2.45) is 0 Å². The minimum atomic E-state index is 0.208. The molecule has 0 saturated carbocycles. The third kappa shape index (κ3) is 4.20. The van der Waals surface area contributed by atoms with Gasteiger partial charge in [0.25, 0.3) is 0 Å². The van der Waals surface area contributed by atoms with Crippen molar-refractivity contribution in [3.05, 3.63) is 61.3 Å². The van der Waals surface area contributed by atoms with Crippen molar-refractivity contribution in [2.45, 2.75) is 19.4 Å². The average Bonchev–Trinajstić information content (AvgIpc) is 3.30. The zero-order valence-corrected chi connectivity index (χ0v) is 13.9. The first-order chi connectivity index (χ1) is 12.3. The van der Waals surface area contributed by atoms with Crippen molar-refractivity contribution >= 4 is 22.9 Å². The molecule has 0 spiro atoms. The Labute approximate surface area is 145 Å². The van der Waals surface area contributed by atoms with Gasteiger partial charge >= 0.3 is 0 Å². The molecule has 0 unspecified atom stereocenters. The average molecular weight is 336 g/mol. The number of aromatic amines is 1. The normalized spacial score (nSPS) is 13.4. The lowest BCUT2D eigenvalue weighted by Gasteiger charge is -2.05. The van der Waals surface area contributed by atoms with Crippen molar-refractivity contribution in [3.8, 4) is 0 Å². The van der Waals surface area contributed by atoms with Crippen LogP contribution in [0.3, 0.4) is 0 Å². The molecule has 3 aromatic rings. The predicted octanol–water partition coefficient (Wildman–Crippen LogP) is 2.72. The van der Waals surface area contributed by atoms with Gasteiger partial charge in [0.15, 0.2) is 11.5 Å². The van der Waals surface area contributed by atoms with Crippen LogP contribution in [0, 0.1) is 0 Å². The van der Waals surface area contributed by atoms with Gasteiger partial charge in [-0.15, -0.1) is 0 Å². The number of H-pyrrole nitrogens is 1. The van der Waals surface area contributed by atoms with Gasteiger partial charge in [-0.05, 0) is 18.2 Å². The third-order valence-electron chi connectivity index (χ3n) is 3.85. The molecule has 0 bridgehead atoms. The zero-order valence-electron chi connectivity index (χ0n) is 13.9. The molecular weight excluding hydrogens is 316 g/mol. The summed E-state index contributed by atoms with van der Waals surface area (Å²) in [5.41, 5.74) is 2.72. The van der Waals surface area contributed by atoms with E-state index in [2.05, 4.69) is 44.0 Å². The highest BCUT2D eigenvalue weighted by atomic mass is 16.2. The van der Waals surface area contributed by atoms with Crippen LogP contribution < -0.4 is 5.32 Å². The fraction of sp³-hybridized carbons (Fsp3) is 0.222. The Bertz CT molecular complexity index is 845. The van der Waals surface area contributed by atoms with Crippen molar-refractivity contribution in [1.29, 1.82) is 0 Å². The standard InChI is InChI=1S/C12H11N5.C6H9NO/c1-2-4-9(5-3-1)6-13-11-10-12(15-7-14-10)17-8-16-11;1-2-7-5-3-4-6(7)8/h1-5,7-8H,6H2,(H2,13,14,15,16,17);2H,1,3-5H2. The molecule has 7 heteroatoms. The fourth-order valence-corrected chi connectivity index (χ4v) is 2.54. The van der Waals surface area contributed by atoms with E-state index in [1.165, 1.54) is 11.9 Å². The highest BCUT2D eigenvalue weighted by Gasteiger charge is 2.16. The van der Waals surface area contributed by atoms with Gasteiger partial charge in [0.1, 0.15) is 11.8 Å². The maximum absolute atomic E-state index is 10.7. The summed E-state index contributed by atoms with van der Waals surface area (Å²) in [6.45, 7) is 5.08. The van der Waals surface area contributed by atoms with E-state index in [4.69, 9.17) is 0 Å². The summed E-state index contributed by atoms with van der Waals surface area (Å²) in [5, 5.41) is 3.26. The third-order valence-corrected chi connectivity index (χ3v) is 3.85. The molecule has 1 aromatic carbocycles. The monoisotopic (exact) mass is 336 g/mol. The minimum Gasteiger partial charge on any atom is -0.364 e. The number of nitrogens with one attached hydrogen (secondary N) is 2. The zero-order chi connectivity index (χ0) is 17.5. The van der Waals surface area contributed by atoms with Gasteiger partial charge in [0, 0.05) is 19.5 Å². The number of carbonyl (C=O) groups excluding carboxylic acids is 1. The summed E-state index contributed by atoms with van der Waals surface area (Å²) < 4.78 is 0. The van der Waals surface area contributed by atoms with Crippen molar-refractivity contribution in [2.75, 3.05) is 11.9 Å². The number of nitrogens with zero attached hydrogens (tertiary/aromatic N) is 4. The Morgan fingerprint density at radius 1 is 1.24 bits per heavy atom. The summed E-state index contributed by atoms with van der Waals surface area (Å²) in [6, 6.07) is 10.2. The summed E-state index contributed by atoms with van der Waals surface area (Å²) in [7, 11) is 0.